The third-order valence-corrected chi connectivity index (χ3v) is 5.17. The lowest BCUT2D eigenvalue weighted by Gasteiger charge is -2.11. The molecule has 0 aliphatic heterocycles. The van der Waals surface area contributed by atoms with E-state index in [4.69, 9.17) is 0 Å². The summed E-state index contributed by atoms with van der Waals surface area (Å²) < 4.78 is 6.56. The molecule has 0 aliphatic carbocycles. The number of hydrogen-bond donors (Lipinski definition) is 2. The van der Waals surface area contributed by atoms with Gasteiger partial charge in [0.2, 0.25) is 5.91 Å². The van der Waals surface area contributed by atoms with Crippen LogP contribution in [0.3, 0.4) is 0 Å². The number of methoxy groups -OCH3 is 1. The first kappa shape index (κ1) is 22.8. The van der Waals surface area contributed by atoms with E-state index in [1.54, 1.807) is 24.3 Å². The van der Waals surface area contributed by atoms with Gasteiger partial charge in [0.15, 0.2) is 0 Å². The van der Waals surface area contributed by atoms with Crippen LogP contribution in [0.4, 0.5) is 5.69 Å². The average Bonchev–Trinajstić information content (AvgIpc) is 3.07. The van der Waals surface area contributed by atoms with E-state index in [-0.39, 0.29) is 24.8 Å². The van der Waals surface area contributed by atoms with Gasteiger partial charge in [-0.25, -0.2) is 0 Å². The van der Waals surface area contributed by atoms with Crippen LogP contribution < -0.4 is 10.6 Å². The molecular weight excluding hydrogens is 406 g/mol. The highest BCUT2D eigenvalue weighted by Gasteiger charge is 2.17. The zero-order valence-electron chi connectivity index (χ0n) is 18.7. The van der Waals surface area contributed by atoms with Crippen molar-refractivity contribution in [3.8, 4) is 5.69 Å². The molecule has 2 aromatic carbocycles. The molecule has 0 unspecified atom stereocenters. The van der Waals surface area contributed by atoms with Gasteiger partial charge in [0.05, 0.1) is 19.1 Å². The van der Waals surface area contributed by atoms with Gasteiger partial charge in [-0.15, -0.1) is 0 Å². The highest BCUT2D eigenvalue weighted by atomic mass is 16.5. The second-order valence-electron chi connectivity index (χ2n) is 7.64. The molecule has 7 nitrogen and oxygen atoms in total. The Morgan fingerprint density at radius 2 is 1.69 bits per heavy atom. The molecule has 0 spiro atoms. The quantitative estimate of drug-likeness (QED) is 0.558. The van der Waals surface area contributed by atoms with Crippen LogP contribution in [0.15, 0.2) is 54.6 Å². The summed E-state index contributed by atoms with van der Waals surface area (Å²) in [5.41, 5.74) is 6.03. The Kier molecular flexibility index (Phi) is 7.10. The molecule has 3 aromatic rings. The second kappa shape index (κ2) is 9.96. The maximum absolute atomic E-state index is 12.9. The van der Waals surface area contributed by atoms with Gasteiger partial charge in [-0.2, -0.15) is 0 Å². The van der Waals surface area contributed by atoms with E-state index in [0.717, 1.165) is 28.2 Å². The number of nitrogens with zero attached hydrogens (tertiary/aromatic N) is 1. The van der Waals surface area contributed by atoms with Crippen molar-refractivity contribution in [1.29, 1.82) is 0 Å². The van der Waals surface area contributed by atoms with E-state index in [2.05, 4.69) is 26.0 Å². The SMILES string of the molecule is COC(=O)CNC(=O)Cc1ccc(NC(=O)c2cc(C)n(-c3cccc(C)c3)c2C)cc1. The smallest absolute Gasteiger partial charge is 0.325 e. The number of aromatic nitrogens is 1. The maximum atomic E-state index is 12.9. The van der Waals surface area contributed by atoms with Crippen LogP contribution in [0.5, 0.6) is 0 Å². The molecule has 32 heavy (non-hydrogen) atoms. The number of nitrogens with one attached hydrogen (secondary N) is 2. The van der Waals surface area contributed by atoms with Crippen molar-refractivity contribution in [2.75, 3.05) is 19.0 Å². The summed E-state index contributed by atoms with van der Waals surface area (Å²) in [5, 5.41) is 5.41. The molecule has 7 heteroatoms. The molecule has 3 rings (SSSR count). The molecule has 2 amide bonds. The molecule has 0 saturated carbocycles. The zero-order valence-corrected chi connectivity index (χ0v) is 18.7. The number of carbonyl (C=O) groups excluding carboxylic acids is 3. The first-order valence-electron chi connectivity index (χ1n) is 10.3. The summed E-state index contributed by atoms with van der Waals surface area (Å²) in [7, 11) is 1.27. The van der Waals surface area contributed by atoms with E-state index in [1.165, 1.54) is 7.11 Å². The minimum Gasteiger partial charge on any atom is -0.468 e. The van der Waals surface area contributed by atoms with Crippen molar-refractivity contribution in [1.82, 2.24) is 9.88 Å². The molecule has 1 aromatic heterocycles. The van der Waals surface area contributed by atoms with Crippen LogP contribution in [0.2, 0.25) is 0 Å². The Balaban J connectivity index is 1.67. The lowest BCUT2D eigenvalue weighted by molar-refractivity contribution is -0.141. The predicted molar refractivity (Wildman–Crippen MR) is 123 cm³/mol. The molecular formula is C25H27N3O4. The number of hydrogen-bond acceptors (Lipinski definition) is 4. The van der Waals surface area contributed by atoms with E-state index < -0.39 is 5.97 Å². The van der Waals surface area contributed by atoms with Crippen molar-refractivity contribution in [3.05, 3.63) is 82.7 Å². The van der Waals surface area contributed by atoms with Crippen molar-refractivity contribution in [2.45, 2.75) is 27.2 Å². The minimum atomic E-state index is -0.502. The molecule has 0 saturated heterocycles. The molecule has 0 fully saturated rings. The highest BCUT2D eigenvalue weighted by molar-refractivity contribution is 6.05. The van der Waals surface area contributed by atoms with Crippen molar-refractivity contribution < 1.29 is 19.1 Å². The van der Waals surface area contributed by atoms with Crippen LogP contribution in [-0.2, 0) is 20.7 Å². The van der Waals surface area contributed by atoms with Crippen molar-refractivity contribution in [2.24, 2.45) is 0 Å². The second-order valence-corrected chi connectivity index (χ2v) is 7.64. The monoisotopic (exact) mass is 433 g/mol. The normalized spacial score (nSPS) is 10.5. The van der Waals surface area contributed by atoms with E-state index in [9.17, 15) is 14.4 Å². The van der Waals surface area contributed by atoms with E-state index in [0.29, 0.717) is 11.3 Å². The molecule has 0 bridgehead atoms. The van der Waals surface area contributed by atoms with E-state index in [1.807, 2.05) is 45.0 Å². The third kappa shape index (κ3) is 5.43. The number of amides is 2. The van der Waals surface area contributed by atoms with Crippen LogP contribution in [-0.4, -0.2) is 36.0 Å². The number of rotatable bonds is 7. The van der Waals surface area contributed by atoms with Crippen LogP contribution in [0, 0.1) is 20.8 Å². The third-order valence-electron chi connectivity index (χ3n) is 5.17. The van der Waals surface area contributed by atoms with Gasteiger partial charge < -0.3 is 19.9 Å². The Morgan fingerprint density at radius 1 is 0.969 bits per heavy atom. The highest BCUT2D eigenvalue weighted by Crippen LogP contribution is 2.22. The molecule has 2 N–H and O–H groups in total. The summed E-state index contributed by atoms with van der Waals surface area (Å²) in [4.78, 5) is 35.9. The summed E-state index contributed by atoms with van der Waals surface area (Å²) in [6.07, 6.45) is 0.128. The fourth-order valence-corrected chi connectivity index (χ4v) is 3.55. The largest absolute Gasteiger partial charge is 0.468 e. The van der Waals surface area contributed by atoms with E-state index >= 15 is 0 Å². The summed E-state index contributed by atoms with van der Waals surface area (Å²) in [6.45, 7) is 5.79. The number of aryl methyl sites for hydroxylation is 2. The molecule has 1 heterocycles. The Hall–Kier alpha value is -3.87. The molecule has 0 atom stereocenters. The fraction of sp³-hybridized carbons (Fsp3) is 0.240. The first-order valence-corrected chi connectivity index (χ1v) is 10.3. The van der Waals surface area contributed by atoms with Gasteiger partial charge in [-0.3, -0.25) is 14.4 Å². The minimum absolute atomic E-state index is 0.128. The fourth-order valence-electron chi connectivity index (χ4n) is 3.55. The van der Waals surface area contributed by atoms with Crippen LogP contribution in [0.1, 0.15) is 32.9 Å². The van der Waals surface area contributed by atoms with Gasteiger partial charge in [0.25, 0.3) is 5.91 Å². The van der Waals surface area contributed by atoms with Crippen LogP contribution >= 0.6 is 0 Å². The predicted octanol–water partition coefficient (Wildman–Crippen LogP) is 3.49. The zero-order chi connectivity index (χ0) is 23.3. The first-order chi connectivity index (χ1) is 15.3. The molecule has 0 aliphatic rings. The Bertz CT molecular complexity index is 1150. The van der Waals surface area contributed by atoms with Gasteiger partial charge in [0, 0.05) is 22.8 Å². The lowest BCUT2D eigenvalue weighted by Crippen LogP contribution is -2.31. The van der Waals surface area contributed by atoms with Crippen LogP contribution in [0.25, 0.3) is 5.69 Å². The summed E-state index contributed by atoms with van der Waals surface area (Å²) >= 11 is 0. The lowest BCUT2D eigenvalue weighted by atomic mass is 10.1. The number of ether oxygens (including phenoxy) is 1. The standard InChI is InChI=1S/C25H27N3O4/c1-16-6-5-7-21(12-16)28-17(2)13-22(18(28)3)25(31)27-20-10-8-19(9-11-20)14-23(29)26-15-24(30)32-4/h5-13H,14-15H2,1-4H3,(H,26,29)(H,27,31). The Morgan fingerprint density at radius 3 is 2.34 bits per heavy atom. The van der Waals surface area contributed by atoms with Gasteiger partial charge in [-0.1, -0.05) is 24.3 Å². The summed E-state index contributed by atoms with van der Waals surface area (Å²) in [5.74, 6) is -0.977. The maximum Gasteiger partial charge on any atom is 0.325 e. The number of anilines is 1. The number of carbonyl (C=O) groups is 3. The summed E-state index contributed by atoms with van der Waals surface area (Å²) in [6, 6.07) is 17.1. The van der Waals surface area contributed by atoms with Crippen molar-refractivity contribution in [3.63, 3.8) is 0 Å². The molecule has 0 radical (unpaired) electrons. The molecule has 166 valence electrons. The average molecular weight is 434 g/mol. The van der Waals surface area contributed by atoms with Gasteiger partial charge in [0.1, 0.15) is 6.54 Å². The Labute approximate surface area is 187 Å². The number of esters is 1. The van der Waals surface area contributed by atoms with Crippen molar-refractivity contribution >= 4 is 23.5 Å². The number of benzene rings is 2. The topological polar surface area (TPSA) is 89.4 Å². The van der Waals surface area contributed by atoms with Gasteiger partial charge in [-0.05, 0) is 62.2 Å². The van der Waals surface area contributed by atoms with Gasteiger partial charge >= 0.3 is 5.97 Å².